The van der Waals surface area contributed by atoms with Crippen molar-refractivity contribution in [3.8, 4) is 5.75 Å². The largest absolute Gasteiger partial charge is 0.497 e. The van der Waals surface area contributed by atoms with Gasteiger partial charge in [-0.15, -0.1) is 0 Å². The second-order valence-corrected chi connectivity index (χ2v) is 4.99. The maximum Gasteiger partial charge on any atom is 0.227 e. The Morgan fingerprint density at radius 1 is 1.20 bits per heavy atom. The van der Waals surface area contributed by atoms with Crippen molar-refractivity contribution in [3.05, 3.63) is 41.5 Å². The molecule has 0 saturated heterocycles. The van der Waals surface area contributed by atoms with Gasteiger partial charge in [0.2, 0.25) is 5.89 Å². The van der Waals surface area contributed by atoms with Crippen molar-refractivity contribution >= 4 is 0 Å². The van der Waals surface area contributed by atoms with Gasteiger partial charge in [-0.3, -0.25) is 0 Å². The molecule has 0 atom stereocenters. The van der Waals surface area contributed by atoms with Gasteiger partial charge in [0.15, 0.2) is 5.82 Å². The number of aryl methyl sites for hydroxylation is 2. The van der Waals surface area contributed by atoms with Gasteiger partial charge in [-0.25, -0.2) is 0 Å². The molecule has 0 aliphatic carbocycles. The zero-order valence-electron chi connectivity index (χ0n) is 12.2. The van der Waals surface area contributed by atoms with Gasteiger partial charge in [0, 0.05) is 12.5 Å². The second-order valence-electron chi connectivity index (χ2n) is 4.99. The van der Waals surface area contributed by atoms with E-state index in [0.29, 0.717) is 24.3 Å². The summed E-state index contributed by atoms with van der Waals surface area (Å²) >= 11 is 0. The van der Waals surface area contributed by atoms with E-state index in [9.17, 15) is 0 Å². The number of methoxy groups -OCH3 is 1. The molecule has 2 aromatic rings. The number of benzene rings is 1. The summed E-state index contributed by atoms with van der Waals surface area (Å²) in [4.78, 5) is 4.37. The summed E-state index contributed by atoms with van der Waals surface area (Å²) in [6.45, 7) is 4.82. The molecule has 5 heteroatoms. The van der Waals surface area contributed by atoms with Crippen LogP contribution in [0.5, 0.6) is 5.75 Å². The van der Waals surface area contributed by atoms with Crippen molar-refractivity contribution in [2.45, 2.75) is 39.3 Å². The zero-order valence-corrected chi connectivity index (χ0v) is 12.2. The van der Waals surface area contributed by atoms with Crippen LogP contribution in [0.3, 0.4) is 0 Å². The first-order valence-corrected chi connectivity index (χ1v) is 6.85. The van der Waals surface area contributed by atoms with E-state index in [1.807, 2.05) is 12.1 Å². The van der Waals surface area contributed by atoms with E-state index in [0.717, 1.165) is 18.6 Å². The Labute approximate surface area is 119 Å². The molecule has 20 heavy (non-hydrogen) atoms. The average Bonchev–Trinajstić information content (AvgIpc) is 2.91. The number of hydrogen-bond donors (Lipinski definition) is 1. The van der Waals surface area contributed by atoms with E-state index in [1.165, 1.54) is 5.56 Å². The van der Waals surface area contributed by atoms with E-state index in [1.54, 1.807) is 7.11 Å². The van der Waals surface area contributed by atoms with Gasteiger partial charge in [-0.05, 0) is 24.1 Å². The Hall–Kier alpha value is -1.88. The average molecular weight is 275 g/mol. The predicted octanol–water partition coefficient (Wildman–Crippen LogP) is 2.36. The van der Waals surface area contributed by atoms with Gasteiger partial charge in [-0.2, -0.15) is 4.98 Å². The van der Waals surface area contributed by atoms with Crippen molar-refractivity contribution in [2.75, 3.05) is 7.11 Å². The van der Waals surface area contributed by atoms with E-state index >= 15 is 0 Å². The number of nitrogens with zero attached hydrogens (tertiary/aromatic N) is 2. The fourth-order valence-corrected chi connectivity index (χ4v) is 1.80. The van der Waals surface area contributed by atoms with Crippen LogP contribution in [0.4, 0.5) is 0 Å². The normalized spacial score (nSPS) is 11.0. The van der Waals surface area contributed by atoms with Crippen LogP contribution >= 0.6 is 0 Å². The van der Waals surface area contributed by atoms with E-state index in [4.69, 9.17) is 9.26 Å². The molecule has 1 heterocycles. The van der Waals surface area contributed by atoms with Gasteiger partial charge in [0.1, 0.15) is 5.75 Å². The molecule has 1 aromatic heterocycles. The minimum absolute atomic E-state index is 0.413. The lowest BCUT2D eigenvalue weighted by molar-refractivity contribution is 0.370. The standard InChI is InChI=1S/C15H21N3O2/c1-11(2)16-10-14-17-15(20-18-14)9-6-12-4-7-13(19-3)8-5-12/h4-5,7-8,11,16H,6,9-10H2,1-3H3. The molecular weight excluding hydrogens is 254 g/mol. The first kappa shape index (κ1) is 14.5. The van der Waals surface area contributed by atoms with Crippen LogP contribution in [-0.2, 0) is 19.4 Å². The summed E-state index contributed by atoms with van der Waals surface area (Å²) < 4.78 is 10.4. The van der Waals surface area contributed by atoms with Crippen LogP contribution in [0.25, 0.3) is 0 Å². The van der Waals surface area contributed by atoms with Crippen LogP contribution in [-0.4, -0.2) is 23.3 Å². The summed E-state index contributed by atoms with van der Waals surface area (Å²) in [5.41, 5.74) is 1.23. The summed E-state index contributed by atoms with van der Waals surface area (Å²) in [5, 5.41) is 7.22. The molecule has 5 nitrogen and oxygen atoms in total. The molecule has 0 saturated carbocycles. The van der Waals surface area contributed by atoms with Crippen molar-refractivity contribution in [1.29, 1.82) is 0 Å². The fourth-order valence-electron chi connectivity index (χ4n) is 1.80. The molecule has 0 aliphatic heterocycles. The molecule has 1 N–H and O–H groups in total. The molecule has 0 aliphatic rings. The van der Waals surface area contributed by atoms with E-state index in [-0.39, 0.29) is 0 Å². The van der Waals surface area contributed by atoms with Gasteiger partial charge >= 0.3 is 0 Å². The van der Waals surface area contributed by atoms with Crippen LogP contribution < -0.4 is 10.1 Å². The number of nitrogens with one attached hydrogen (secondary N) is 1. The second kappa shape index (κ2) is 7.05. The third-order valence-electron chi connectivity index (χ3n) is 2.97. The molecule has 1 aromatic carbocycles. The third-order valence-corrected chi connectivity index (χ3v) is 2.97. The van der Waals surface area contributed by atoms with Gasteiger partial charge < -0.3 is 14.6 Å². The smallest absolute Gasteiger partial charge is 0.227 e. The predicted molar refractivity (Wildman–Crippen MR) is 76.7 cm³/mol. The number of hydrogen-bond acceptors (Lipinski definition) is 5. The number of ether oxygens (including phenoxy) is 1. The van der Waals surface area contributed by atoms with Crippen LogP contribution in [0, 0.1) is 0 Å². The zero-order chi connectivity index (χ0) is 14.4. The van der Waals surface area contributed by atoms with E-state index in [2.05, 4.69) is 41.4 Å². The molecule has 0 bridgehead atoms. The Balaban J connectivity index is 1.84. The minimum atomic E-state index is 0.413. The Kier molecular flexibility index (Phi) is 5.12. The number of aromatic nitrogens is 2. The summed E-state index contributed by atoms with van der Waals surface area (Å²) in [6, 6.07) is 8.44. The van der Waals surface area contributed by atoms with E-state index < -0.39 is 0 Å². The lowest BCUT2D eigenvalue weighted by Crippen LogP contribution is -2.22. The fraction of sp³-hybridized carbons (Fsp3) is 0.467. The summed E-state index contributed by atoms with van der Waals surface area (Å²) in [6.07, 6.45) is 1.63. The molecule has 0 spiro atoms. The minimum Gasteiger partial charge on any atom is -0.497 e. The molecule has 0 fully saturated rings. The van der Waals surface area contributed by atoms with Gasteiger partial charge in [-0.1, -0.05) is 31.1 Å². The van der Waals surface area contributed by atoms with Gasteiger partial charge in [0.25, 0.3) is 0 Å². The molecular formula is C15H21N3O2. The van der Waals surface area contributed by atoms with Crippen LogP contribution in [0.15, 0.2) is 28.8 Å². The highest BCUT2D eigenvalue weighted by Gasteiger charge is 2.07. The molecule has 0 amide bonds. The SMILES string of the molecule is COc1ccc(CCc2nc(CNC(C)C)no2)cc1. The van der Waals surface area contributed by atoms with Crippen molar-refractivity contribution in [2.24, 2.45) is 0 Å². The highest BCUT2D eigenvalue weighted by atomic mass is 16.5. The third kappa shape index (κ3) is 4.35. The van der Waals surface area contributed by atoms with Gasteiger partial charge in [0.05, 0.1) is 13.7 Å². The van der Waals surface area contributed by atoms with Crippen LogP contribution in [0.2, 0.25) is 0 Å². The highest BCUT2D eigenvalue weighted by Crippen LogP contribution is 2.13. The first-order chi connectivity index (χ1) is 9.67. The lowest BCUT2D eigenvalue weighted by Gasteiger charge is -2.03. The summed E-state index contributed by atoms with van der Waals surface area (Å²) in [5.74, 6) is 2.26. The van der Waals surface area contributed by atoms with Crippen LogP contribution in [0.1, 0.15) is 31.1 Å². The van der Waals surface area contributed by atoms with Crippen molar-refractivity contribution < 1.29 is 9.26 Å². The highest BCUT2D eigenvalue weighted by molar-refractivity contribution is 5.27. The Morgan fingerprint density at radius 2 is 1.95 bits per heavy atom. The Bertz CT molecular complexity index is 520. The van der Waals surface area contributed by atoms with Crippen molar-refractivity contribution in [1.82, 2.24) is 15.5 Å². The van der Waals surface area contributed by atoms with Crippen molar-refractivity contribution in [3.63, 3.8) is 0 Å². The maximum absolute atomic E-state index is 5.24. The molecule has 108 valence electrons. The molecule has 2 rings (SSSR count). The first-order valence-electron chi connectivity index (χ1n) is 6.85. The lowest BCUT2D eigenvalue weighted by atomic mass is 10.1. The maximum atomic E-state index is 5.24. The summed E-state index contributed by atoms with van der Waals surface area (Å²) in [7, 11) is 1.67. The molecule has 0 unspecified atom stereocenters. The monoisotopic (exact) mass is 275 g/mol. The molecule has 0 radical (unpaired) electrons. The topological polar surface area (TPSA) is 60.2 Å². The quantitative estimate of drug-likeness (QED) is 0.840. The number of rotatable bonds is 7. The Morgan fingerprint density at radius 3 is 2.60 bits per heavy atom.